The van der Waals surface area contributed by atoms with Gasteiger partial charge in [-0.2, -0.15) is 0 Å². The van der Waals surface area contributed by atoms with Gasteiger partial charge in [0.25, 0.3) is 0 Å². The number of aromatic nitrogens is 1. The summed E-state index contributed by atoms with van der Waals surface area (Å²) in [6, 6.07) is 56.0. The molecule has 0 unspecified atom stereocenters. The third kappa shape index (κ3) is 3.86. The van der Waals surface area contributed by atoms with E-state index in [9.17, 15) is 0 Å². The maximum atomic E-state index is 2.78. The number of para-hydroxylation sites is 3. The molecule has 0 atom stereocenters. The summed E-state index contributed by atoms with van der Waals surface area (Å²) in [5.41, 5.74) is 20.2. The molecule has 0 saturated heterocycles. The Kier molecular flexibility index (Phi) is 6.29. The molecule has 58 heavy (non-hydrogen) atoms. The van der Waals surface area contributed by atoms with E-state index in [1.54, 1.807) is 0 Å². The molecule has 0 saturated carbocycles. The highest BCUT2D eigenvalue weighted by molar-refractivity contribution is 7.32. The number of anilines is 2. The topological polar surface area (TPSA) is 8.17 Å². The van der Waals surface area contributed by atoms with Gasteiger partial charge in [0.2, 0.25) is 0 Å². The van der Waals surface area contributed by atoms with Crippen molar-refractivity contribution in [1.82, 2.24) is 4.57 Å². The van der Waals surface area contributed by atoms with Gasteiger partial charge in [-0.25, -0.2) is 0 Å². The summed E-state index contributed by atoms with van der Waals surface area (Å²) in [6.45, 7) is 12.2. The van der Waals surface area contributed by atoms with Gasteiger partial charge < -0.3 is 9.38 Å². The van der Waals surface area contributed by atoms with Gasteiger partial charge in [-0.05, 0) is 105 Å². The first-order chi connectivity index (χ1) is 28.2. The molecule has 4 aliphatic rings. The Hall–Kier alpha value is -5.84. The predicted octanol–water partition coefficient (Wildman–Crippen LogP) is 12.6. The normalized spacial score (nSPS) is 17.3. The van der Waals surface area contributed by atoms with Crippen LogP contribution >= 0.6 is 11.3 Å². The van der Waals surface area contributed by atoms with Crippen LogP contribution in [0.1, 0.15) is 79.5 Å². The summed E-state index contributed by atoms with van der Waals surface area (Å²) in [6.07, 6.45) is 2.40. The van der Waals surface area contributed by atoms with Crippen LogP contribution in [-0.2, 0) is 16.2 Å². The minimum atomic E-state index is -0.514. The van der Waals surface area contributed by atoms with Gasteiger partial charge in [-0.1, -0.05) is 149 Å². The maximum absolute atomic E-state index is 2.78. The van der Waals surface area contributed by atoms with Crippen molar-refractivity contribution >= 4 is 71.7 Å². The lowest BCUT2D eigenvalue weighted by Crippen LogP contribution is -2.61. The minimum Gasteiger partial charge on any atom is -0.375 e. The summed E-state index contributed by atoms with van der Waals surface area (Å²) in [5, 5.41) is 4.12. The number of fused-ring (bicyclic) bond motifs is 13. The Morgan fingerprint density at radius 2 is 1.21 bits per heavy atom. The highest BCUT2D eigenvalue weighted by atomic mass is 32.1. The Labute approximate surface area is 344 Å². The Balaban J connectivity index is 1.23. The molecule has 13 rings (SSSR count). The van der Waals surface area contributed by atoms with Crippen LogP contribution in [-0.4, -0.2) is 11.4 Å². The van der Waals surface area contributed by atoms with Crippen molar-refractivity contribution in [3.63, 3.8) is 0 Å². The van der Waals surface area contributed by atoms with Gasteiger partial charge in [0.05, 0.1) is 22.1 Å². The van der Waals surface area contributed by atoms with E-state index in [-0.39, 0.29) is 17.7 Å². The summed E-state index contributed by atoms with van der Waals surface area (Å²) in [4.78, 5) is 2.78. The highest BCUT2D eigenvalue weighted by Gasteiger charge is 2.54. The molecule has 1 aliphatic carbocycles. The molecular weight excluding hydrogens is 719 g/mol. The molecule has 0 spiro atoms. The fraction of sp³-hybridized carbons (Fsp3) is 0.185. The molecular formula is C54H43BN2S. The van der Waals surface area contributed by atoms with Crippen LogP contribution in [0.3, 0.4) is 0 Å². The largest absolute Gasteiger partial charge is 0.375 e. The van der Waals surface area contributed by atoms with Gasteiger partial charge in [0, 0.05) is 42.6 Å². The lowest BCUT2D eigenvalue weighted by Gasteiger charge is -2.51. The summed E-state index contributed by atoms with van der Waals surface area (Å²) < 4.78 is 5.53. The second-order valence-corrected chi connectivity index (χ2v) is 19.8. The number of thiophene rings is 1. The Morgan fingerprint density at radius 1 is 0.569 bits per heavy atom. The molecule has 0 fully saturated rings. The molecule has 2 nitrogen and oxygen atoms in total. The smallest absolute Gasteiger partial charge is 0.343 e. The molecule has 0 radical (unpaired) electrons. The van der Waals surface area contributed by atoms with Crippen LogP contribution in [0.2, 0.25) is 0 Å². The van der Waals surface area contributed by atoms with Gasteiger partial charge >= 0.3 is 6.85 Å². The molecule has 0 amide bonds. The van der Waals surface area contributed by atoms with Crippen LogP contribution in [0.25, 0.3) is 48.7 Å². The SMILES string of the molecule is Cc1cc2c3c4c1c1ccccc1n4-c1c(sc4cc5c(cc14)C(C)(C)CCC5(C)C)B3N1c3ccccc3C(c3ccccc3)(c3ccccc3)c3cccc-2c31. The van der Waals surface area contributed by atoms with E-state index in [0.717, 1.165) is 0 Å². The van der Waals surface area contributed by atoms with Gasteiger partial charge in [0.15, 0.2) is 0 Å². The van der Waals surface area contributed by atoms with Crippen molar-refractivity contribution in [1.29, 1.82) is 0 Å². The molecule has 2 aromatic heterocycles. The summed E-state index contributed by atoms with van der Waals surface area (Å²) in [7, 11) is 0. The quantitative estimate of drug-likeness (QED) is 0.159. The number of hydrogen-bond donors (Lipinski definition) is 0. The van der Waals surface area contributed by atoms with Crippen LogP contribution < -0.4 is 15.1 Å². The molecule has 7 aromatic carbocycles. The van der Waals surface area contributed by atoms with Gasteiger partial charge in [0.1, 0.15) is 0 Å². The van der Waals surface area contributed by atoms with Crippen LogP contribution in [0, 0.1) is 6.92 Å². The average molecular weight is 763 g/mol. The first-order valence-electron chi connectivity index (χ1n) is 21.0. The maximum Gasteiger partial charge on any atom is 0.343 e. The third-order valence-corrected chi connectivity index (χ3v) is 16.0. The fourth-order valence-corrected chi connectivity index (χ4v) is 13.4. The standard InChI is InChI=1S/C54H43BN2S/c1-32-29-37-35-22-16-24-40-48(35)57(44-26-15-13-23-39(44)54(40,33-17-8-6-9-18-33)34-19-10-7-11-20-34)55-47(37)50-46(32)36-21-12-14-25-43(36)56(50)49-38-30-41-42(31-45(38)58-51(49)55)53(4,5)28-27-52(41,2)3/h6-26,29-31H,27-28H2,1-5H3. The number of benzene rings is 7. The predicted molar refractivity (Wildman–Crippen MR) is 247 cm³/mol. The Bertz CT molecular complexity index is 3220. The minimum absolute atomic E-state index is 0.000271. The zero-order valence-corrected chi connectivity index (χ0v) is 34.5. The van der Waals surface area contributed by atoms with Gasteiger partial charge in [-0.15, -0.1) is 11.3 Å². The van der Waals surface area contributed by atoms with Crippen molar-refractivity contribution in [3.05, 3.63) is 185 Å². The highest BCUT2D eigenvalue weighted by Crippen LogP contribution is 2.60. The zero-order valence-electron chi connectivity index (χ0n) is 33.7. The van der Waals surface area contributed by atoms with E-state index >= 15 is 0 Å². The second kappa shape index (κ2) is 11.0. The first-order valence-corrected chi connectivity index (χ1v) is 21.8. The van der Waals surface area contributed by atoms with E-state index in [1.165, 1.54) is 122 Å². The van der Waals surface area contributed by atoms with Crippen LogP contribution in [0.4, 0.5) is 11.4 Å². The fourth-order valence-electron chi connectivity index (χ4n) is 12.1. The van der Waals surface area contributed by atoms with Crippen molar-refractivity contribution < 1.29 is 0 Å². The lowest BCUT2D eigenvalue weighted by molar-refractivity contribution is 0.332. The average Bonchev–Trinajstić information content (AvgIpc) is 3.80. The molecule has 278 valence electrons. The number of rotatable bonds is 2. The molecule has 0 bridgehead atoms. The molecule has 3 aliphatic heterocycles. The molecule has 4 heteroatoms. The zero-order chi connectivity index (χ0) is 38.9. The lowest BCUT2D eigenvalue weighted by atomic mass is 9.45. The molecule has 5 heterocycles. The van der Waals surface area contributed by atoms with Gasteiger partial charge in [-0.3, -0.25) is 0 Å². The van der Waals surface area contributed by atoms with Crippen LogP contribution in [0.15, 0.2) is 146 Å². The van der Waals surface area contributed by atoms with Crippen LogP contribution in [0.5, 0.6) is 0 Å². The van der Waals surface area contributed by atoms with Crippen molar-refractivity contribution in [2.75, 3.05) is 4.81 Å². The summed E-state index contributed by atoms with van der Waals surface area (Å²) in [5.74, 6) is 0. The third-order valence-electron chi connectivity index (χ3n) is 14.8. The number of hydrogen-bond acceptors (Lipinski definition) is 2. The second-order valence-electron chi connectivity index (χ2n) is 18.7. The Morgan fingerprint density at radius 3 is 1.95 bits per heavy atom. The van der Waals surface area contributed by atoms with E-state index < -0.39 is 5.41 Å². The van der Waals surface area contributed by atoms with E-state index in [2.05, 4.69) is 190 Å². The van der Waals surface area contributed by atoms with Crippen molar-refractivity contribution in [3.8, 4) is 16.8 Å². The van der Waals surface area contributed by atoms with Crippen molar-refractivity contribution in [2.24, 2.45) is 0 Å². The molecule has 0 N–H and O–H groups in total. The monoisotopic (exact) mass is 762 g/mol. The number of aryl methyl sites for hydroxylation is 1. The first kappa shape index (κ1) is 33.2. The van der Waals surface area contributed by atoms with Crippen molar-refractivity contribution in [2.45, 2.75) is 63.7 Å². The molecule has 9 aromatic rings. The number of nitrogens with zero attached hydrogens (tertiary/aromatic N) is 2. The van der Waals surface area contributed by atoms with E-state index in [0.29, 0.717) is 0 Å². The van der Waals surface area contributed by atoms with E-state index in [1.807, 2.05) is 11.3 Å². The summed E-state index contributed by atoms with van der Waals surface area (Å²) >= 11 is 2.04. The van der Waals surface area contributed by atoms with E-state index in [4.69, 9.17) is 0 Å².